The highest BCUT2D eigenvalue weighted by Crippen LogP contribution is 2.07. The Morgan fingerprint density at radius 2 is 2.19 bits per heavy atom. The molecule has 7 nitrogen and oxygen atoms in total. The monoisotopic (exact) mass is 230 g/mol. The zero-order valence-corrected chi connectivity index (χ0v) is 9.19. The second-order valence-electron chi connectivity index (χ2n) is 3.34. The van der Waals surface area contributed by atoms with Crippen LogP contribution in [-0.2, 0) is 11.3 Å². The van der Waals surface area contributed by atoms with Crippen LogP contribution in [0.4, 0.5) is 4.79 Å². The summed E-state index contributed by atoms with van der Waals surface area (Å²) in [6.07, 6.45) is -0.806. The fourth-order valence-corrected chi connectivity index (χ4v) is 1.15. The maximum atomic E-state index is 10.8. The number of carbonyl (C=O) groups is 1. The van der Waals surface area contributed by atoms with E-state index in [0.29, 0.717) is 24.6 Å². The zero-order chi connectivity index (χ0) is 12.1. The molecule has 1 aromatic heterocycles. The van der Waals surface area contributed by atoms with Gasteiger partial charge < -0.3 is 19.3 Å². The van der Waals surface area contributed by atoms with Crippen molar-refractivity contribution in [2.45, 2.75) is 13.5 Å². The van der Waals surface area contributed by atoms with E-state index in [0.717, 1.165) is 0 Å². The van der Waals surface area contributed by atoms with Crippen LogP contribution in [0.25, 0.3) is 0 Å². The van der Waals surface area contributed by atoms with Gasteiger partial charge in [-0.2, -0.15) is 0 Å². The summed E-state index contributed by atoms with van der Waals surface area (Å²) in [6, 6.07) is 0. The smallest absolute Gasteiger partial charge is 0.448 e. The Morgan fingerprint density at radius 3 is 2.69 bits per heavy atom. The molecule has 1 heterocycles. The highest BCUT2D eigenvalue weighted by molar-refractivity contribution is 5.64. The van der Waals surface area contributed by atoms with Crippen LogP contribution in [0.15, 0.2) is 13.6 Å². The Labute approximate surface area is 91.8 Å². The average Bonchev–Trinajstić information content (AvgIpc) is 2.44. The third-order valence-electron chi connectivity index (χ3n) is 1.97. The number of primary amides is 1. The summed E-state index contributed by atoms with van der Waals surface area (Å²) in [7, 11) is 1.79. The summed E-state index contributed by atoms with van der Waals surface area (Å²) < 4.78 is 14.1. The Bertz CT molecular complexity index is 408. The first kappa shape index (κ1) is 12.3. The minimum atomic E-state index is -0.806. The van der Waals surface area contributed by atoms with E-state index in [9.17, 15) is 9.59 Å². The lowest BCUT2D eigenvalue weighted by atomic mass is 10.3. The molecule has 2 N–H and O–H groups in total. The quantitative estimate of drug-likeness (QED) is 0.768. The first-order valence-electron chi connectivity index (χ1n) is 4.69. The van der Waals surface area contributed by atoms with Gasteiger partial charge in [0.05, 0.1) is 6.54 Å². The van der Waals surface area contributed by atoms with E-state index in [1.807, 2.05) is 4.90 Å². The van der Waals surface area contributed by atoms with Crippen LogP contribution in [0.1, 0.15) is 11.5 Å². The predicted octanol–water partition coefficient (Wildman–Crippen LogP) is 0.0683. The third-order valence-corrected chi connectivity index (χ3v) is 1.97. The van der Waals surface area contributed by atoms with Gasteiger partial charge >= 0.3 is 11.9 Å². The van der Waals surface area contributed by atoms with Crippen LogP contribution in [0.5, 0.6) is 0 Å². The van der Waals surface area contributed by atoms with Crippen molar-refractivity contribution in [1.29, 1.82) is 0 Å². The third kappa shape index (κ3) is 3.77. The van der Waals surface area contributed by atoms with Gasteiger partial charge in [0, 0.05) is 6.54 Å². The van der Waals surface area contributed by atoms with Gasteiger partial charge in [-0.25, -0.2) is 9.59 Å². The van der Waals surface area contributed by atoms with Crippen molar-refractivity contribution in [3.63, 3.8) is 0 Å². The molecule has 0 aromatic carbocycles. The van der Waals surface area contributed by atoms with Crippen molar-refractivity contribution in [3.8, 4) is 0 Å². The summed E-state index contributed by atoms with van der Waals surface area (Å²) in [5.41, 5.74) is 4.80. The molecule has 0 saturated heterocycles. The van der Waals surface area contributed by atoms with Crippen LogP contribution < -0.4 is 11.6 Å². The number of nitrogens with zero attached hydrogens (tertiary/aromatic N) is 1. The zero-order valence-electron chi connectivity index (χ0n) is 9.19. The van der Waals surface area contributed by atoms with Crippen molar-refractivity contribution < 1.29 is 18.4 Å². The minimum Gasteiger partial charge on any atom is -0.448 e. The maximum Gasteiger partial charge on any atom is 0.519 e. The topological polar surface area (TPSA) is 98.9 Å². The Balaban J connectivity index is 2.39. The fourth-order valence-electron chi connectivity index (χ4n) is 1.15. The van der Waals surface area contributed by atoms with Crippen molar-refractivity contribution in [1.82, 2.24) is 4.90 Å². The first-order valence-corrected chi connectivity index (χ1v) is 4.69. The molecule has 90 valence electrons. The molecule has 1 aromatic rings. The van der Waals surface area contributed by atoms with Gasteiger partial charge in [0.2, 0.25) is 0 Å². The van der Waals surface area contributed by atoms with E-state index in [4.69, 9.17) is 14.6 Å². The number of amides is 1. The summed E-state index contributed by atoms with van der Waals surface area (Å²) in [6.45, 7) is 2.72. The van der Waals surface area contributed by atoms with Gasteiger partial charge in [-0.3, -0.25) is 4.90 Å². The lowest BCUT2D eigenvalue weighted by Crippen LogP contribution is -2.25. The summed E-state index contributed by atoms with van der Waals surface area (Å²) >= 11 is 0. The minimum absolute atomic E-state index is 0.187. The molecule has 0 atom stereocenters. The lowest BCUT2D eigenvalue weighted by molar-refractivity contribution is 0.139. The van der Waals surface area contributed by atoms with Crippen molar-refractivity contribution in [3.05, 3.63) is 22.1 Å². The number of nitrogens with two attached hydrogens (primary N) is 1. The lowest BCUT2D eigenvalue weighted by Gasteiger charge is -2.14. The summed E-state index contributed by atoms with van der Waals surface area (Å²) in [4.78, 5) is 22.9. The molecule has 0 bridgehead atoms. The number of hydrogen-bond acceptors (Lipinski definition) is 6. The van der Waals surface area contributed by atoms with Gasteiger partial charge in [-0.05, 0) is 14.0 Å². The SMILES string of the molecule is Cc1oc(=O)oc1CN(C)CCOC(N)=O. The first-order chi connectivity index (χ1) is 7.49. The van der Waals surface area contributed by atoms with E-state index in [-0.39, 0.29) is 6.61 Å². The molecule has 0 aliphatic rings. The molecule has 1 amide bonds. The van der Waals surface area contributed by atoms with E-state index in [1.54, 1.807) is 14.0 Å². The van der Waals surface area contributed by atoms with Crippen molar-refractivity contribution in [2.75, 3.05) is 20.2 Å². The van der Waals surface area contributed by atoms with Crippen molar-refractivity contribution >= 4 is 6.09 Å². The fraction of sp³-hybridized carbons (Fsp3) is 0.556. The molecule has 0 saturated carbocycles. The molecule has 0 spiro atoms. The number of hydrogen-bond donors (Lipinski definition) is 1. The highest BCUT2D eigenvalue weighted by Gasteiger charge is 2.11. The second-order valence-corrected chi connectivity index (χ2v) is 3.34. The van der Waals surface area contributed by atoms with Crippen LogP contribution >= 0.6 is 0 Å². The molecular weight excluding hydrogens is 216 g/mol. The summed E-state index contributed by atoms with van der Waals surface area (Å²) in [5, 5.41) is 0. The van der Waals surface area contributed by atoms with E-state index in [1.165, 1.54) is 0 Å². The van der Waals surface area contributed by atoms with Crippen LogP contribution in [0.2, 0.25) is 0 Å². The van der Waals surface area contributed by atoms with Crippen LogP contribution in [0, 0.1) is 6.92 Å². The molecular formula is C9H14N2O5. The van der Waals surface area contributed by atoms with Gasteiger partial charge in [0.15, 0.2) is 5.76 Å². The average molecular weight is 230 g/mol. The Kier molecular flexibility index (Phi) is 4.12. The van der Waals surface area contributed by atoms with Gasteiger partial charge in [-0.1, -0.05) is 0 Å². The number of ether oxygens (including phenoxy) is 1. The highest BCUT2D eigenvalue weighted by atomic mass is 16.6. The van der Waals surface area contributed by atoms with Gasteiger partial charge in [-0.15, -0.1) is 0 Å². The number of carbonyl (C=O) groups excluding carboxylic acids is 1. The molecule has 7 heteroatoms. The van der Waals surface area contributed by atoms with E-state index >= 15 is 0 Å². The largest absolute Gasteiger partial charge is 0.519 e. The van der Waals surface area contributed by atoms with E-state index < -0.39 is 11.9 Å². The van der Waals surface area contributed by atoms with Crippen LogP contribution in [0.3, 0.4) is 0 Å². The number of rotatable bonds is 5. The molecule has 1 rings (SSSR count). The normalized spacial score (nSPS) is 10.7. The molecule has 0 aliphatic heterocycles. The summed E-state index contributed by atoms with van der Waals surface area (Å²) in [5.74, 6) is 0.202. The second kappa shape index (κ2) is 5.36. The van der Waals surface area contributed by atoms with E-state index in [2.05, 4.69) is 4.74 Å². The Morgan fingerprint density at radius 1 is 1.50 bits per heavy atom. The van der Waals surface area contributed by atoms with Crippen molar-refractivity contribution in [2.24, 2.45) is 5.73 Å². The molecule has 0 fully saturated rings. The number of aryl methyl sites for hydroxylation is 1. The Hall–Kier alpha value is -1.76. The van der Waals surface area contributed by atoms with Gasteiger partial charge in [0.1, 0.15) is 12.4 Å². The molecule has 0 aliphatic carbocycles. The standard InChI is InChI=1S/C9H14N2O5/c1-6-7(16-9(13)15-6)5-11(2)3-4-14-8(10)12/h3-5H2,1-2H3,(H2,10,12). The number of likely N-dealkylation sites (N-methyl/N-ethyl adjacent to an activating group) is 1. The molecule has 0 unspecified atom stereocenters. The molecule has 0 radical (unpaired) electrons. The molecule has 16 heavy (non-hydrogen) atoms. The van der Waals surface area contributed by atoms with Gasteiger partial charge in [0.25, 0.3) is 0 Å². The van der Waals surface area contributed by atoms with Crippen LogP contribution in [-0.4, -0.2) is 31.2 Å². The maximum absolute atomic E-state index is 10.8. The predicted molar refractivity (Wildman–Crippen MR) is 53.9 cm³/mol.